The molecule has 1 amide bonds. The van der Waals surface area contributed by atoms with Crippen molar-refractivity contribution < 1.29 is 9.53 Å². The highest BCUT2D eigenvalue weighted by Gasteiger charge is 2.24. The molecule has 0 aliphatic carbocycles. The Balaban J connectivity index is 1.51. The number of rotatable bonds is 5. The fraction of sp³-hybridized carbons (Fsp3) is 0.0435. The van der Waals surface area contributed by atoms with Gasteiger partial charge in [0, 0.05) is 4.47 Å². The predicted molar refractivity (Wildman–Crippen MR) is 145 cm³/mol. The lowest BCUT2D eigenvalue weighted by Crippen LogP contribution is -2.19. The van der Waals surface area contributed by atoms with Crippen molar-refractivity contribution in [3.63, 3.8) is 0 Å². The van der Waals surface area contributed by atoms with E-state index in [1.807, 2.05) is 30.3 Å². The Labute approximate surface area is 226 Å². The highest BCUT2D eigenvalue weighted by molar-refractivity contribution is 9.10. The number of hydrogen-bond acceptors (Lipinski definition) is 4. The Kier molecular flexibility index (Phi) is 8.10. The molecule has 3 aromatic rings. The number of carbonyl (C=O) groups is 1. The van der Waals surface area contributed by atoms with Gasteiger partial charge in [-0.3, -0.25) is 4.79 Å². The van der Waals surface area contributed by atoms with Crippen molar-refractivity contribution in [1.29, 1.82) is 0 Å². The van der Waals surface area contributed by atoms with Crippen LogP contribution in [-0.4, -0.2) is 11.1 Å². The van der Waals surface area contributed by atoms with E-state index < -0.39 is 0 Å². The van der Waals surface area contributed by atoms with Crippen LogP contribution in [0.1, 0.15) is 11.1 Å². The van der Waals surface area contributed by atoms with E-state index in [1.54, 1.807) is 30.3 Å². The lowest BCUT2D eigenvalue weighted by Gasteiger charge is -2.11. The Morgan fingerprint density at radius 1 is 1.03 bits per heavy atom. The van der Waals surface area contributed by atoms with E-state index >= 15 is 0 Å². The SMILES string of the molecule is O=C1NC(=Nc2cccc(Cl)c2Cl)S/C1=C\c1cc(Cl)c(OCc2ccc(Br)cc2)c(Br)c1. The van der Waals surface area contributed by atoms with Crippen LogP contribution in [0, 0.1) is 0 Å². The molecular weight excluding hydrogens is 634 g/mol. The molecule has 0 bridgehead atoms. The van der Waals surface area contributed by atoms with Crippen LogP contribution < -0.4 is 10.1 Å². The Bertz CT molecular complexity index is 1270. The third-order valence-electron chi connectivity index (χ3n) is 4.42. The third-order valence-corrected chi connectivity index (χ3v) is 7.54. The fourth-order valence-electron chi connectivity index (χ4n) is 2.86. The summed E-state index contributed by atoms with van der Waals surface area (Å²) in [5.41, 5.74) is 2.23. The van der Waals surface area contributed by atoms with E-state index in [9.17, 15) is 4.79 Å². The molecule has 0 atom stereocenters. The lowest BCUT2D eigenvalue weighted by atomic mass is 10.2. The molecule has 0 unspecified atom stereocenters. The summed E-state index contributed by atoms with van der Waals surface area (Å²) in [6, 6.07) is 16.6. The molecule has 1 aliphatic rings. The summed E-state index contributed by atoms with van der Waals surface area (Å²) in [5, 5.41) is 4.29. The number of aliphatic imine (C=N–C) groups is 1. The van der Waals surface area contributed by atoms with E-state index in [0.717, 1.165) is 15.6 Å². The number of halogens is 5. The molecule has 4 nitrogen and oxygen atoms in total. The number of benzene rings is 3. The van der Waals surface area contributed by atoms with Gasteiger partial charge < -0.3 is 10.1 Å². The molecule has 1 N–H and O–H groups in total. The molecule has 33 heavy (non-hydrogen) atoms. The van der Waals surface area contributed by atoms with Crippen molar-refractivity contribution >= 4 is 101 Å². The molecule has 3 aromatic carbocycles. The molecule has 1 heterocycles. The van der Waals surface area contributed by atoms with Gasteiger partial charge in [0.25, 0.3) is 5.91 Å². The van der Waals surface area contributed by atoms with E-state index in [2.05, 4.69) is 42.2 Å². The standard InChI is InChI=1S/C23H13Br2Cl3N2O2S/c24-14-6-4-12(5-7-14)11-32-21-15(25)8-13(9-17(21)27)10-19-22(31)30-23(33-19)29-18-3-1-2-16(26)20(18)28/h1-10H,11H2,(H,29,30,31)/b19-10-. The zero-order chi connectivity index (χ0) is 23.5. The van der Waals surface area contributed by atoms with E-state index in [4.69, 9.17) is 39.5 Å². The maximum Gasteiger partial charge on any atom is 0.264 e. The molecule has 0 saturated carbocycles. The highest BCUT2D eigenvalue weighted by Crippen LogP contribution is 2.38. The van der Waals surface area contributed by atoms with Crippen LogP contribution in [0.3, 0.4) is 0 Å². The molecule has 1 fully saturated rings. The van der Waals surface area contributed by atoms with Crippen LogP contribution in [0.4, 0.5) is 5.69 Å². The second-order valence-electron chi connectivity index (χ2n) is 6.78. The summed E-state index contributed by atoms with van der Waals surface area (Å²) in [6.45, 7) is 0.371. The summed E-state index contributed by atoms with van der Waals surface area (Å²) in [5.74, 6) is 0.267. The van der Waals surface area contributed by atoms with Crippen LogP contribution in [-0.2, 0) is 11.4 Å². The second kappa shape index (κ2) is 10.8. The van der Waals surface area contributed by atoms with Gasteiger partial charge in [-0.05, 0) is 81.3 Å². The minimum Gasteiger partial charge on any atom is -0.486 e. The molecule has 10 heteroatoms. The van der Waals surface area contributed by atoms with Crippen molar-refractivity contribution in [3.8, 4) is 5.75 Å². The summed E-state index contributed by atoms with van der Waals surface area (Å²) in [7, 11) is 0. The van der Waals surface area contributed by atoms with Crippen LogP contribution in [0.15, 0.2) is 73.4 Å². The molecule has 1 aliphatic heterocycles. The number of nitrogens with one attached hydrogen (secondary N) is 1. The van der Waals surface area contributed by atoms with Gasteiger partial charge in [-0.25, -0.2) is 4.99 Å². The molecule has 0 aromatic heterocycles. The number of ether oxygens (including phenoxy) is 1. The van der Waals surface area contributed by atoms with Gasteiger partial charge in [0.15, 0.2) is 10.9 Å². The number of amidine groups is 1. The monoisotopic (exact) mass is 644 g/mol. The van der Waals surface area contributed by atoms with Crippen molar-refractivity contribution in [2.45, 2.75) is 6.61 Å². The van der Waals surface area contributed by atoms with E-state index in [0.29, 0.717) is 47.7 Å². The quantitative estimate of drug-likeness (QED) is 0.282. The number of carbonyl (C=O) groups excluding carboxylic acids is 1. The summed E-state index contributed by atoms with van der Waals surface area (Å²) in [4.78, 5) is 17.3. The maximum absolute atomic E-state index is 12.4. The number of hydrogen-bond donors (Lipinski definition) is 1. The molecule has 4 rings (SSSR count). The first kappa shape index (κ1) is 24.6. The first-order chi connectivity index (χ1) is 15.8. The molecule has 0 radical (unpaired) electrons. The van der Waals surface area contributed by atoms with Crippen LogP contribution in [0.25, 0.3) is 6.08 Å². The topological polar surface area (TPSA) is 50.7 Å². The number of amides is 1. The first-order valence-electron chi connectivity index (χ1n) is 9.40. The van der Waals surface area contributed by atoms with Crippen LogP contribution in [0.5, 0.6) is 5.75 Å². The van der Waals surface area contributed by atoms with Crippen molar-refractivity contribution in [2.75, 3.05) is 0 Å². The Morgan fingerprint density at radius 3 is 2.52 bits per heavy atom. The molecule has 168 valence electrons. The van der Waals surface area contributed by atoms with Gasteiger partial charge >= 0.3 is 0 Å². The summed E-state index contributed by atoms with van der Waals surface area (Å²) >= 11 is 26.8. The highest BCUT2D eigenvalue weighted by atomic mass is 79.9. The van der Waals surface area contributed by atoms with Crippen LogP contribution in [0.2, 0.25) is 15.1 Å². The van der Waals surface area contributed by atoms with Crippen LogP contribution >= 0.6 is 78.4 Å². The lowest BCUT2D eigenvalue weighted by molar-refractivity contribution is -0.115. The normalized spacial score (nSPS) is 15.8. The van der Waals surface area contributed by atoms with Gasteiger partial charge in [-0.1, -0.05) is 68.9 Å². The molecule has 0 spiro atoms. The van der Waals surface area contributed by atoms with E-state index in [-0.39, 0.29) is 5.91 Å². The van der Waals surface area contributed by atoms with Gasteiger partial charge in [-0.2, -0.15) is 0 Å². The first-order valence-corrected chi connectivity index (χ1v) is 12.9. The summed E-state index contributed by atoms with van der Waals surface area (Å²) < 4.78 is 7.59. The minimum absolute atomic E-state index is 0.264. The van der Waals surface area contributed by atoms with Gasteiger partial charge in [0.05, 0.1) is 30.1 Å². The zero-order valence-electron chi connectivity index (χ0n) is 16.5. The summed E-state index contributed by atoms with van der Waals surface area (Å²) in [6.07, 6.45) is 1.73. The van der Waals surface area contributed by atoms with Gasteiger partial charge in [-0.15, -0.1) is 0 Å². The molecular formula is C23H13Br2Cl3N2O2S. The Morgan fingerprint density at radius 2 is 1.79 bits per heavy atom. The van der Waals surface area contributed by atoms with Crippen molar-refractivity contribution in [2.24, 2.45) is 4.99 Å². The van der Waals surface area contributed by atoms with E-state index in [1.165, 1.54) is 11.8 Å². The average molecular weight is 648 g/mol. The second-order valence-corrected chi connectivity index (χ2v) is 10.8. The Hall–Kier alpha value is -1.48. The number of nitrogens with zero attached hydrogens (tertiary/aromatic N) is 1. The number of thioether (sulfide) groups is 1. The largest absolute Gasteiger partial charge is 0.486 e. The maximum atomic E-state index is 12.4. The zero-order valence-corrected chi connectivity index (χ0v) is 22.8. The predicted octanol–water partition coefficient (Wildman–Crippen LogP) is 8.64. The van der Waals surface area contributed by atoms with Gasteiger partial charge in [0.2, 0.25) is 0 Å². The smallest absolute Gasteiger partial charge is 0.264 e. The molecule has 1 saturated heterocycles. The third kappa shape index (κ3) is 6.15. The van der Waals surface area contributed by atoms with Crippen molar-refractivity contribution in [3.05, 3.63) is 94.6 Å². The minimum atomic E-state index is -0.264. The fourth-order valence-corrected chi connectivity index (χ4v) is 5.28. The van der Waals surface area contributed by atoms with Crippen molar-refractivity contribution in [1.82, 2.24) is 5.32 Å². The average Bonchev–Trinajstić information content (AvgIpc) is 3.10. The van der Waals surface area contributed by atoms with Gasteiger partial charge in [0.1, 0.15) is 6.61 Å².